The summed E-state index contributed by atoms with van der Waals surface area (Å²) in [5.74, 6) is -0.227. The predicted molar refractivity (Wildman–Crippen MR) is 79.4 cm³/mol. The minimum Gasteiger partial charge on any atom is -0.396 e. The molecule has 0 atom stereocenters. The number of carbonyl (C=O) groups excluding carboxylic acids is 1. The third-order valence-electron chi connectivity index (χ3n) is 2.51. The largest absolute Gasteiger partial charge is 0.396 e. The first-order valence-corrected chi connectivity index (χ1v) is 6.65. The topological polar surface area (TPSA) is 49.3 Å². The highest BCUT2D eigenvalue weighted by molar-refractivity contribution is 6.34. The van der Waals surface area contributed by atoms with Gasteiger partial charge in [0, 0.05) is 28.3 Å². The highest BCUT2D eigenvalue weighted by Gasteiger charge is 2.18. The maximum absolute atomic E-state index is 11.7. The van der Waals surface area contributed by atoms with Gasteiger partial charge in [0.2, 0.25) is 5.91 Å². The third-order valence-corrected chi connectivity index (χ3v) is 2.95. The van der Waals surface area contributed by atoms with Crippen molar-refractivity contribution in [3.05, 3.63) is 39.9 Å². The van der Waals surface area contributed by atoms with Gasteiger partial charge >= 0.3 is 0 Å². The van der Waals surface area contributed by atoms with Crippen molar-refractivity contribution >= 4 is 35.2 Å². The lowest BCUT2D eigenvalue weighted by Crippen LogP contribution is -2.43. The van der Waals surface area contributed by atoms with Crippen LogP contribution < -0.4 is 5.32 Å². The van der Waals surface area contributed by atoms with Gasteiger partial charge in [-0.1, -0.05) is 23.2 Å². The van der Waals surface area contributed by atoms with E-state index in [4.69, 9.17) is 28.3 Å². The second-order valence-electron chi connectivity index (χ2n) is 4.88. The van der Waals surface area contributed by atoms with Crippen LogP contribution in [-0.2, 0) is 4.79 Å². The van der Waals surface area contributed by atoms with Crippen LogP contribution in [0.2, 0.25) is 10.0 Å². The summed E-state index contributed by atoms with van der Waals surface area (Å²) in [6.45, 7) is 3.73. The standard InChI is InChI=1S/C14H17Cl2NO2/c1-14(2,5-6-18)17-13(19)4-3-10-7-11(15)9-12(16)8-10/h3-4,7-9,18H,5-6H2,1-2H3,(H,17,19)/b4-3+. The molecule has 2 N–H and O–H groups in total. The predicted octanol–water partition coefficient (Wildman–Crippen LogP) is 3.28. The molecule has 3 nitrogen and oxygen atoms in total. The third kappa shape index (κ3) is 6.10. The summed E-state index contributed by atoms with van der Waals surface area (Å²) in [5, 5.41) is 12.7. The van der Waals surface area contributed by atoms with E-state index in [0.717, 1.165) is 5.56 Å². The Morgan fingerprint density at radius 1 is 1.32 bits per heavy atom. The lowest BCUT2D eigenvalue weighted by atomic mass is 10.0. The Bertz CT molecular complexity index is 464. The van der Waals surface area contributed by atoms with Crippen LogP contribution in [-0.4, -0.2) is 23.2 Å². The zero-order valence-corrected chi connectivity index (χ0v) is 12.4. The molecule has 0 fully saturated rings. The van der Waals surface area contributed by atoms with E-state index in [9.17, 15) is 4.79 Å². The van der Waals surface area contributed by atoms with E-state index in [1.165, 1.54) is 6.08 Å². The fourth-order valence-electron chi connectivity index (χ4n) is 1.56. The van der Waals surface area contributed by atoms with Gasteiger partial charge in [0.15, 0.2) is 0 Å². The molecular weight excluding hydrogens is 285 g/mol. The van der Waals surface area contributed by atoms with E-state index in [1.807, 2.05) is 13.8 Å². The summed E-state index contributed by atoms with van der Waals surface area (Å²) in [7, 11) is 0. The van der Waals surface area contributed by atoms with Gasteiger partial charge in [0.1, 0.15) is 0 Å². The number of nitrogens with one attached hydrogen (secondary N) is 1. The van der Waals surface area contributed by atoms with Gasteiger partial charge in [-0.25, -0.2) is 0 Å². The summed E-state index contributed by atoms with van der Waals surface area (Å²) in [4.78, 5) is 11.7. The molecule has 0 saturated carbocycles. The molecule has 0 heterocycles. The smallest absolute Gasteiger partial charge is 0.244 e. The number of hydrogen-bond acceptors (Lipinski definition) is 2. The second kappa shape index (κ2) is 6.94. The minimum absolute atomic E-state index is 0.0287. The quantitative estimate of drug-likeness (QED) is 0.820. The van der Waals surface area contributed by atoms with E-state index >= 15 is 0 Å². The Balaban J connectivity index is 2.68. The SMILES string of the molecule is CC(C)(CCO)NC(=O)/C=C/c1cc(Cl)cc(Cl)c1. The van der Waals surface area contributed by atoms with Gasteiger partial charge in [-0.15, -0.1) is 0 Å². The van der Waals surface area contributed by atoms with Crippen molar-refractivity contribution in [2.45, 2.75) is 25.8 Å². The zero-order chi connectivity index (χ0) is 14.5. The van der Waals surface area contributed by atoms with Crippen LogP contribution in [0.4, 0.5) is 0 Å². The van der Waals surface area contributed by atoms with Crippen molar-refractivity contribution in [2.75, 3.05) is 6.61 Å². The van der Waals surface area contributed by atoms with Crippen molar-refractivity contribution in [1.29, 1.82) is 0 Å². The number of amides is 1. The minimum atomic E-state index is -0.442. The van der Waals surface area contributed by atoms with Gasteiger partial charge in [-0.05, 0) is 50.1 Å². The molecule has 0 saturated heterocycles. The first kappa shape index (κ1) is 16.0. The van der Waals surface area contributed by atoms with Crippen molar-refractivity contribution in [3.8, 4) is 0 Å². The molecule has 0 aliphatic heterocycles. The zero-order valence-electron chi connectivity index (χ0n) is 10.9. The maximum Gasteiger partial charge on any atom is 0.244 e. The van der Waals surface area contributed by atoms with Gasteiger partial charge in [-0.3, -0.25) is 4.79 Å². The molecule has 1 amide bonds. The number of aliphatic hydroxyl groups is 1. The molecule has 1 rings (SSSR count). The Kier molecular flexibility index (Phi) is 5.85. The van der Waals surface area contributed by atoms with Gasteiger partial charge in [-0.2, -0.15) is 0 Å². The van der Waals surface area contributed by atoms with Crippen LogP contribution in [0.3, 0.4) is 0 Å². The number of benzene rings is 1. The summed E-state index contributed by atoms with van der Waals surface area (Å²) >= 11 is 11.7. The summed E-state index contributed by atoms with van der Waals surface area (Å²) in [5.41, 5.74) is 0.315. The average molecular weight is 302 g/mol. The molecule has 0 aliphatic carbocycles. The molecule has 104 valence electrons. The molecule has 19 heavy (non-hydrogen) atoms. The van der Waals surface area contributed by atoms with Crippen LogP contribution in [0.15, 0.2) is 24.3 Å². The van der Waals surface area contributed by atoms with Crippen LogP contribution in [0.5, 0.6) is 0 Å². The molecule has 1 aromatic carbocycles. The molecular formula is C14H17Cl2NO2. The molecule has 1 aromatic rings. The average Bonchev–Trinajstić information content (AvgIpc) is 2.24. The second-order valence-corrected chi connectivity index (χ2v) is 5.76. The van der Waals surface area contributed by atoms with Crippen LogP contribution >= 0.6 is 23.2 Å². The lowest BCUT2D eigenvalue weighted by Gasteiger charge is -2.24. The number of aliphatic hydroxyl groups excluding tert-OH is 1. The van der Waals surface area contributed by atoms with Gasteiger partial charge in [0.05, 0.1) is 0 Å². The molecule has 0 radical (unpaired) electrons. The molecule has 0 aromatic heterocycles. The number of hydrogen-bond donors (Lipinski definition) is 2. The van der Waals surface area contributed by atoms with Crippen molar-refractivity contribution in [3.63, 3.8) is 0 Å². The Morgan fingerprint density at radius 3 is 2.42 bits per heavy atom. The Hall–Kier alpha value is -1.03. The summed E-state index contributed by atoms with van der Waals surface area (Å²) in [6, 6.07) is 5.07. The van der Waals surface area contributed by atoms with Crippen LogP contribution in [0.1, 0.15) is 25.8 Å². The highest BCUT2D eigenvalue weighted by Crippen LogP contribution is 2.19. The van der Waals surface area contributed by atoms with Crippen LogP contribution in [0, 0.1) is 0 Å². The van der Waals surface area contributed by atoms with E-state index in [0.29, 0.717) is 16.5 Å². The Labute approximate surface area is 123 Å². The van der Waals surface area contributed by atoms with E-state index in [-0.39, 0.29) is 12.5 Å². The lowest BCUT2D eigenvalue weighted by molar-refractivity contribution is -0.118. The first-order chi connectivity index (χ1) is 8.82. The number of carbonyl (C=O) groups is 1. The van der Waals surface area contributed by atoms with Crippen molar-refractivity contribution in [1.82, 2.24) is 5.32 Å². The molecule has 0 bridgehead atoms. The van der Waals surface area contributed by atoms with Crippen molar-refractivity contribution in [2.24, 2.45) is 0 Å². The number of rotatable bonds is 5. The van der Waals surface area contributed by atoms with Gasteiger partial charge in [0.25, 0.3) is 0 Å². The van der Waals surface area contributed by atoms with Gasteiger partial charge < -0.3 is 10.4 Å². The maximum atomic E-state index is 11.7. The first-order valence-electron chi connectivity index (χ1n) is 5.89. The normalized spacial score (nSPS) is 11.8. The fraction of sp³-hybridized carbons (Fsp3) is 0.357. The van der Waals surface area contributed by atoms with E-state index in [1.54, 1.807) is 24.3 Å². The monoisotopic (exact) mass is 301 g/mol. The van der Waals surface area contributed by atoms with Crippen LogP contribution in [0.25, 0.3) is 6.08 Å². The number of halogens is 2. The Morgan fingerprint density at radius 2 is 1.89 bits per heavy atom. The summed E-state index contributed by atoms with van der Waals surface area (Å²) < 4.78 is 0. The fourth-order valence-corrected chi connectivity index (χ4v) is 2.10. The van der Waals surface area contributed by atoms with Crippen molar-refractivity contribution < 1.29 is 9.90 Å². The summed E-state index contributed by atoms with van der Waals surface area (Å²) in [6.07, 6.45) is 3.55. The molecule has 0 aliphatic rings. The molecule has 0 spiro atoms. The van der Waals surface area contributed by atoms with E-state index in [2.05, 4.69) is 5.32 Å². The van der Waals surface area contributed by atoms with E-state index < -0.39 is 5.54 Å². The highest BCUT2D eigenvalue weighted by atomic mass is 35.5. The molecule has 0 unspecified atom stereocenters. The molecule has 5 heteroatoms.